The monoisotopic (exact) mass is 235 g/mol. The fraction of sp³-hybridized carbons (Fsp3) is 0.714. The van der Waals surface area contributed by atoms with Crippen molar-refractivity contribution >= 4 is 0 Å². The second-order valence-corrected chi connectivity index (χ2v) is 5.34. The van der Waals surface area contributed by atoms with Crippen LogP contribution in [0.1, 0.15) is 43.5 Å². The van der Waals surface area contributed by atoms with Gasteiger partial charge in [-0.25, -0.2) is 9.97 Å². The fourth-order valence-electron chi connectivity index (χ4n) is 2.04. The third-order valence-corrected chi connectivity index (χ3v) is 2.75. The molecule has 0 aliphatic carbocycles. The lowest BCUT2D eigenvalue weighted by Crippen LogP contribution is -2.16. The van der Waals surface area contributed by atoms with E-state index in [0.717, 1.165) is 30.9 Å². The van der Waals surface area contributed by atoms with Gasteiger partial charge in [0.2, 0.25) is 0 Å². The van der Waals surface area contributed by atoms with Crippen molar-refractivity contribution in [3.63, 3.8) is 0 Å². The molecule has 1 aromatic rings. The van der Waals surface area contributed by atoms with Gasteiger partial charge < -0.3 is 4.90 Å². The molecule has 0 aromatic carbocycles. The van der Waals surface area contributed by atoms with Crippen LogP contribution in [0.25, 0.3) is 0 Å². The van der Waals surface area contributed by atoms with Crippen LogP contribution in [-0.4, -0.2) is 29.0 Å². The number of rotatable bonds is 5. The molecule has 0 fully saturated rings. The Balaban J connectivity index is 3.07. The zero-order valence-corrected chi connectivity index (χ0v) is 12.0. The van der Waals surface area contributed by atoms with Gasteiger partial charge in [-0.05, 0) is 45.3 Å². The molecule has 0 spiro atoms. The summed E-state index contributed by atoms with van der Waals surface area (Å²) in [6.07, 6.45) is 2.07. The van der Waals surface area contributed by atoms with Crippen molar-refractivity contribution in [3.05, 3.63) is 22.8 Å². The van der Waals surface area contributed by atoms with E-state index < -0.39 is 0 Å². The van der Waals surface area contributed by atoms with E-state index in [4.69, 9.17) is 4.98 Å². The minimum Gasteiger partial charge on any atom is -0.302 e. The van der Waals surface area contributed by atoms with Gasteiger partial charge in [-0.15, -0.1) is 0 Å². The first kappa shape index (κ1) is 14.1. The highest BCUT2D eigenvalue weighted by molar-refractivity contribution is 5.26. The summed E-state index contributed by atoms with van der Waals surface area (Å²) in [4.78, 5) is 11.4. The lowest BCUT2D eigenvalue weighted by Gasteiger charge is -2.15. The fourth-order valence-corrected chi connectivity index (χ4v) is 2.04. The number of aryl methyl sites for hydroxylation is 2. The van der Waals surface area contributed by atoms with Crippen LogP contribution in [-0.2, 0) is 19.4 Å². The maximum atomic E-state index is 4.69. The molecule has 96 valence electrons. The summed E-state index contributed by atoms with van der Waals surface area (Å²) in [6, 6.07) is 0. The maximum Gasteiger partial charge on any atom is 0.142 e. The largest absolute Gasteiger partial charge is 0.302 e. The molecule has 0 bridgehead atoms. The number of hydrogen-bond acceptors (Lipinski definition) is 3. The molecule has 0 N–H and O–H groups in total. The molecule has 3 nitrogen and oxygen atoms in total. The highest BCUT2D eigenvalue weighted by Gasteiger charge is 2.12. The van der Waals surface area contributed by atoms with Crippen molar-refractivity contribution in [2.75, 3.05) is 14.1 Å². The highest BCUT2D eigenvalue weighted by Crippen LogP contribution is 2.16. The van der Waals surface area contributed by atoms with Gasteiger partial charge in [0, 0.05) is 11.4 Å². The standard InChI is InChI=1S/C14H25N3/c1-7-13-12(8-10(2)3)11(4)15-14(16-13)9-17(5)6/h10H,7-9H2,1-6H3. The Bertz CT molecular complexity index is 370. The van der Waals surface area contributed by atoms with Crippen LogP contribution in [0.2, 0.25) is 0 Å². The predicted octanol–water partition coefficient (Wildman–Crippen LogP) is 2.61. The molecular weight excluding hydrogens is 210 g/mol. The molecule has 0 unspecified atom stereocenters. The van der Waals surface area contributed by atoms with Gasteiger partial charge in [-0.3, -0.25) is 0 Å². The van der Waals surface area contributed by atoms with Gasteiger partial charge in [-0.2, -0.15) is 0 Å². The molecular formula is C14H25N3. The third-order valence-electron chi connectivity index (χ3n) is 2.75. The first-order chi connectivity index (χ1) is 7.93. The molecule has 0 aliphatic rings. The van der Waals surface area contributed by atoms with Crippen LogP contribution >= 0.6 is 0 Å². The first-order valence-corrected chi connectivity index (χ1v) is 6.44. The number of nitrogens with zero attached hydrogens (tertiary/aromatic N) is 3. The second-order valence-electron chi connectivity index (χ2n) is 5.34. The number of hydrogen-bond donors (Lipinski definition) is 0. The quantitative estimate of drug-likeness (QED) is 0.785. The Hall–Kier alpha value is -0.960. The maximum absolute atomic E-state index is 4.69. The summed E-state index contributed by atoms with van der Waals surface area (Å²) in [5.74, 6) is 1.60. The first-order valence-electron chi connectivity index (χ1n) is 6.44. The molecule has 17 heavy (non-hydrogen) atoms. The van der Waals surface area contributed by atoms with Crippen LogP contribution in [0, 0.1) is 12.8 Å². The third kappa shape index (κ3) is 4.08. The van der Waals surface area contributed by atoms with Crippen molar-refractivity contribution in [2.24, 2.45) is 5.92 Å². The average Bonchev–Trinajstić information content (AvgIpc) is 2.20. The lowest BCUT2D eigenvalue weighted by atomic mass is 9.99. The Labute approximate surface area is 105 Å². The zero-order chi connectivity index (χ0) is 13.0. The highest BCUT2D eigenvalue weighted by atomic mass is 15.1. The molecule has 0 aliphatic heterocycles. The van der Waals surface area contributed by atoms with E-state index in [1.807, 2.05) is 14.1 Å². The normalized spacial score (nSPS) is 11.5. The van der Waals surface area contributed by atoms with Crippen molar-refractivity contribution in [1.82, 2.24) is 14.9 Å². The van der Waals surface area contributed by atoms with E-state index in [2.05, 4.69) is 37.6 Å². The van der Waals surface area contributed by atoms with Gasteiger partial charge in [0.15, 0.2) is 0 Å². The van der Waals surface area contributed by atoms with Crippen LogP contribution in [0.4, 0.5) is 0 Å². The molecule has 1 rings (SSSR count). The second kappa shape index (κ2) is 6.10. The van der Waals surface area contributed by atoms with E-state index >= 15 is 0 Å². The van der Waals surface area contributed by atoms with Crippen molar-refractivity contribution in [3.8, 4) is 0 Å². The SMILES string of the molecule is CCc1nc(CN(C)C)nc(C)c1CC(C)C. The molecule has 0 radical (unpaired) electrons. The Morgan fingerprint density at radius 2 is 1.82 bits per heavy atom. The molecule has 3 heteroatoms. The summed E-state index contributed by atoms with van der Waals surface area (Å²) >= 11 is 0. The summed E-state index contributed by atoms with van der Waals surface area (Å²) in [7, 11) is 4.10. The molecule has 0 saturated carbocycles. The minimum atomic E-state index is 0.655. The van der Waals surface area contributed by atoms with Crippen molar-refractivity contribution in [1.29, 1.82) is 0 Å². The van der Waals surface area contributed by atoms with E-state index in [1.165, 1.54) is 11.3 Å². The van der Waals surface area contributed by atoms with Crippen LogP contribution in [0.5, 0.6) is 0 Å². The summed E-state index contributed by atoms with van der Waals surface area (Å²) in [5.41, 5.74) is 3.73. The minimum absolute atomic E-state index is 0.655. The Morgan fingerprint density at radius 1 is 1.18 bits per heavy atom. The molecule has 1 heterocycles. The van der Waals surface area contributed by atoms with Gasteiger partial charge in [-0.1, -0.05) is 20.8 Å². The van der Waals surface area contributed by atoms with E-state index in [-0.39, 0.29) is 0 Å². The topological polar surface area (TPSA) is 29.0 Å². The van der Waals surface area contributed by atoms with Gasteiger partial charge >= 0.3 is 0 Å². The van der Waals surface area contributed by atoms with E-state index in [9.17, 15) is 0 Å². The molecule has 0 saturated heterocycles. The Morgan fingerprint density at radius 3 is 2.29 bits per heavy atom. The van der Waals surface area contributed by atoms with Gasteiger partial charge in [0.25, 0.3) is 0 Å². The lowest BCUT2D eigenvalue weighted by molar-refractivity contribution is 0.388. The van der Waals surface area contributed by atoms with Gasteiger partial charge in [0.1, 0.15) is 5.82 Å². The zero-order valence-electron chi connectivity index (χ0n) is 12.0. The summed E-state index contributed by atoms with van der Waals surface area (Å²) in [5, 5.41) is 0. The van der Waals surface area contributed by atoms with Crippen LogP contribution in [0.15, 0.2) is 0 Å². The predicted molar refractivity (Wildman–Crippen MR) is 72.1 cm³/mol. The van der Waals surface area contributed by atoms with Crippen LogP contribution in [0.3, 0.4) is 0 Å². The molecule has 0 atom stereocenters. The van der Waals surface area contributed by atoms with E-state index in [0.29, 0.717) is 5.92 Å². The molecule has 1 aromatic heterocycles. The van der Waals surface area contributed by atoms with Crippen molar-refractivity contribution in [2.45, 2.75) is 47.1 Å². The number of aromatic nitrogens is 2. The Kier molecular flexibility index (Phi) is 5.06. The summed E-state index contributed by atoms with van der Waals surface area (Å²) in [6.45, 7) is 9.58. The van der Waals surface area contributed by atoms with Crippen LogP contribution < -0.4 is 0 Å². The van der Waals surface area contributed by atoms with E-state index in [1.54, 1.807) is 0 Å². The van der Waals surface area contributed by atoms with Crippen molar-refractivity contribution < 1.29 is 0 Å². The molecule has 0 amide bonds. The summed E-state index contributed by atoms with van der Waals surface area (Å²) < 4.78 is 0. The average molecular weight is 235 g/mol. The van der Waals surface area contributed by atoms with Gasteiger partial charge in [0.05, 0.1) is 6.54 Å². The smallest absolute Gasteiger partial charge is 0.142 e.